The molecule has 1 aliphatic heterocycles. The van der Waals surface area contributed by atoms with Crippen molar-refractivity contribution in [3.8, 4) is 0 Å². The Balaban J connectivity index is 2.23. The zero-order chi connectivity index (χ0) is 15.6. The molecular weight excluding hydrogens is 278 g/mol. The van der Waals surface area contributed by atoms with Crippen LogP contribution in [0.5, 0.6) is 0 Å². The molecule has 1 aromatic rings. The number of rotatable bonds is 6. The van der Waals surface area contributed by atoms with E-state index in [0.717, 1.165) is 18.7 Å². The molecular formula is C17H31NO2Si. The predicted octanol–water partition coefficient (Wildman–Crippen LogP) is 4.87. The molecule has 0 bridgehead atoms. The van der Waals surface area contributed by atoms with Gasteiger partial charge >= 0.3 is 0 Å². The van der Waals surface area contributed by atoms with Crippen LogP contribution >= 0.6 is 0 Å². The molecule has 120 valence electrons. The lowest BCUT2D eigenvalue weighted by Gasteiger charge is -2.44. The van der Waals surface area contributed by atoms with Crippen molar-refractivity contribution in [1.29, 1.82) is 0 Å². The summed E-state index contributed by atoms with van der Waals surface area (Å²) in [4.78, 5) is 0. The monoisotopic (exact) mass is 309 g/mol. The molecule has 2 heterocycles. The molecule has 3 nitrogen and oxygen atoms in total. The molecule has 0 unspecified atom stereocenters. The molecule has 1 fully saturated rings. The molecule has 4 heteroatoms. The Kier molecular flexibility index (Phi) is 5.33. The molecule has 0 spiro atoms. The van der Waals surface area contributed by atoms with Crippen molar-refractivity contribution in [2.24, 2.45) is 0 Å². The molecule has 0 saturated carbocycles. The summed E-state index contributed by atoms with van der Waals surface area (Å²) in [6, 6.07) is 4.23. The lowest BCUT2D eigenvalue weighted by molar-refractivity contribution is 0.150. The zero-order valence-electron chi connectivity index (χ0n) is 14.3. The van der Waals surface area contributed by atoms with E-state index in [1.165, 1.54) is 0 Å². The molecule has 21 heavy (non-hydrogen) atoms. The first-order chi connectivity index (χ1) is 9.89. The van der Waals surface area contributed by atoms with Crippen molar-refractivity contribution >= 4 is 8.32 Å². The predicted molar refractivity (Wildman–Crippen MR) is 90.0 cm³/mol. The SMILES string of the molecule is CC(C)[Si](O[C@H]1CCN[C@@H]1c1ccco1)(C(C)C)C(C)C. The minimum atomic E-state index is -1.83. The molecule has 1 aromatic heterocycles. The van der Waals surface area contributed by atoms with Crippen molar-refractivity contribution in [2.75, 3.05) is 6.54 Å². The first-order valence-electron chi connectivity index (χ1n) is 8.34. The van der Waals surface area contributed by atoms with Crippen LogP contribution in [0.15, 0.2) is 22.8 Å². The van der Waals surface area contributed by atoms with Crippen LogP contribution in [0.1, 0.15) is 59.8 Å². The summed E-state index contributed by atoms with van der Waals surface area (Å²) in [6.45, 7) is 15.1. The zero-order valence-corrected chi connectivity index (χ0v) is 15.3. The summed E-state index contributed by atoms with van der Waals surface area (Å²) in [6.07, 6.45) is 3.08. The van der Waals surface area contributed by atoms with Crippen LogP contribution in [0.2, 0.25) is 16.6 Å². The molecule has 1 saturated heterocycles. The van der Waals surface area contributed by atoms with E-state index in [0.29, 0.717) is 16.6 Å². The number of hydrogen-bond donors (Lipinski definition) is 1. The first-order valence-corrected chi connectivity index (χ1v) is 10.5. The van der Waals surface area contributed by atoms with Gasteiger partial charge in [-0.15, -0.1) is 0 Å². The molecule has 2 atom stereocenters. The highest BCUT2D eigenvalue weighted by molar-refractivity contribution is 6.77. The van der Waals surface area contributed by atoms with Gasteiger partial charge in [-0.05, 0) is 41.7 Å². The van der Waals surface area contributed by atoms with Crippen molar-refractivity contribution < 1.29 is 8.84 Å². The van der Waals surface area contributed by atoms with Crippen LogP contribution in [0.4, 0.5) is 0 Å². The van der Waals surface area contributed by atoms with Crippen LogP contribution in [-0.4, -0.2) is 21.0 Å². The van der Waals surface area contributed by atoms with Gasteiger partial charge in [-0.1, -0.05) is 41.5 Å². The number of furan rings is 1. The average molecular weight is 310 g/mol. The summed E-state index contributed by atoms with van der Waals surface area (Å²) in [5.74, 6) is 1.01. The van der Waals surface area contributed by atoms with E-state index >= 15 is 0 Å². The fourth-order valence-corrected chi connectivity index (χ4v) is 9.82. The maximum Gasteiger partial charge on any atom is 0.200 e. The minimum Gasteiger partial charge on any atom is -0.468 e. The van der Waals surface area contributed by atoms with Crippen molar-refractivity contribution in [3.05, 3.63) is 24.2 Å². The summed E-state index contributed by atoms with van der Waals surface area (Å²) in [7, 11) is -1.83. The number of nitrogens with one attached hydrogen (secondary N) is 1. The van der Waals surface area contributed by atoms with Gasteiger partial charge in [-0.3, -0.25) is 0 Å². The van der Waals surface area contributed by atoms with E-state index in [9.17, 15) is 0 Å². The van der Waals surface area contributed by atoms with Gasteiger partial charge < -0.3 is 14.2 Å². The molecule has 0 radical (unpaired) electrons. The highest BCUT2D eigenvalue weighted by atomic mass is 28.4. The second-order valence-electron chi connectivity index (χ2n) is 7.21. The van der Waals surface area contributed by atoms with Gasteiger partial charge in [0.15, 0.2) is 0 Å². The van der Waals surface area contributed by atoms with Crippen LogP contribution < -0.4 is 5.32 Å². The first kappa shape index (κ1) is 16.8. The second kappa shape index (κ2) is 6.67. The third kappa shape index (κ3) is 3.12. The Morgan fingerprint density at radius 2 is 1.76 bits per heavy atom. The highest BCUT2D eigenvalue weighted by Gasteiger charge is 2.48. The molecule has 1 N–H and O–H groups in total. The number of hydrogen-bond acceptors (Lipinski definition) is 3. The van der Waals surface area contributed by atoms with Crippen LogP contribution in [0.3, 0.4) is 0 Å². The smallest absolute Gasteiger partial charge is 0.200 e. The standard InChI is InChI=1S/C17H31NO2Si/c1-12(2)21(13(3)4,14(5)6)20-16-9-10-18-17(16)15-8-7-11-19-15/h7-8,11-14,16-18H,9-10H2,1-6H3/t16-,17+/m0/s1. The van der Waals surface area contributed by atoms with Gasteiger partial charge in [0.2, 0.25) is 8.32 Å². The Bertz CT molecular complexity index is 406. The van der Waals surface area contributed by atoms with Crippen molar-refractivity contribution in [2.45, 2.75) is 76.7 Å². The van der Waals surface area contributed by atoms with Crippen molar-refractivity contribution in [1.82, 2.24) is 5.32 Å². The molecule has 0 amide bonds. The topological polar surface area (TPSA) is 34.4 Å². The lowest BCUT2D eigenvalue weighted by atomic mass is 10.1. The summed E-state index contributed by atoms with van der Waals surface area (Å²) in [5.41, 5.74) is 1.86. The van der Waals surface area contributed by atoms with Crippen LogP contribution in [-0.2, 0) is 4.43 Å². The Morgan fingerprint density at radius 1 is 1.14 bits per heavy atom. The summed E-state index contributed by atoms with van der Waals surface area (Å²) >= 11 is 0. The van der Waals surface area contributed by atoms with Crippen LogP contribution in [0.25, 0.3) is 0 Å². The molecule has 0 aromatic carbocycles. The fraction of sp³-hybridized carbons (Fsp3) is 0.765. The normalized spacial score (nSPS) is 23.7. The van der Waals surface area contributed by atoms with E-state index in [-0.39, 0.29) is 12.1 Å². The van der Waals surface area contributed by atoms with Crippen molar-refractivity contribution in [3.63, 3.8) is 0 Å². The molecule has 2 rings (SSSR count). The summed E-state index contributed by atoms with van der Waals surface area (Å²) in [5, 5.41) is 3.55. The summed E-state index contributed by atoms with van der Waals surface area (Å²) < 4.78 is 12.6. The van der Waals surface area contributed by atoms with E-state index in [1.807, 2.05) is 6.07 Å². The fourth-order valence-electron chi connectivity index (χ4n) is 4.23. The van der Waals surface area contributed by atoms with Gasteiger partial charge in [0.1, 0.15) is 5.76 Å². The van der Waals surface area contributed by atoms with E-state index in [2.05, 4.69) is 52.9 Å². The minimum absolute atomic E-state index is 0.211. The van der Waals surface area contributed by atoms with Gasteiger partial charge in [0, 0.05) is 0 Å². The van der Waals surface area contributed by atoms with Crippen LogP contribution in [0, 0.1) is 0 Å². The van der Waals surface area contributed by atoms with Gasteiger partial charge in [0.25, 0.3) is 0 Å². The lowest BCUT2D eigenvalue weighted by Crippen LogP contribution is -2.50. The Labute approximate surface area is 130 Å². The van der Waals surface area contributed by atoms with Gasteiger partial charge in [0.05, 0.1) is 18.4 Å². The maximum atomic E-state index is 6.94. The van der Waals surface area contributed by atoms with Gasteiger partial charge in [-0.2, -0.15) is 0 Å². The second-order valence-corrected chi connectivity index (χ2v) is 12.6. The third-order valence-electron chi connectivity index (χ3n) is 5.08. The maximum absolute atomic E-state index is 6.94. The van der Waals surface area contributed by atoms with Gasteiger partial charge in [-0.25, -0.2) is 0 Å². The Morgan fingerprint density at radius 3 is 2.24 bits per heavy atom. The van der Waals surface area contributed by atoms with E-state index in [4.69, 9.17) is 8.84 Å². The average Bonchev–Trinajstić information content (AvgIpc) is 3.05. The highest BCUT2D eigenvalue weighted by Crippen LogP contribution is 2.45. The molecule has 0 aliphatic carbocycles. The third-order valence-corrected chi connectivity index (χ3v) is 11.2. The van der Waals surface area contributed by atoms with E-state index in [1.54, 1.807) is 6.26 Å². The quantitative estimate of drug-likeness (QED) is 0.761. The molecule has 1 aliphatic rings. The largest absolute Gasteiger partial charge is 0.468 e. The Hall–Kier alpha value is -0.583. The van der Waals surface area contributed by atoms with E-state index < -0.39 is 8.32 Å².